The molecule has 1 saturated heterocycles. The Labute approximate surface area is 180 Å². The molecule has 2 heterocycles. The molecule has 31 heavy (non-hydrogen) atoms. The van der Waals surface area contributed by atoms with Crippen LogP contribution in [0.25, 0.3) is 10.9 Å². The van der Waals surface area contributed by atoms with E-state index >= 15 is 0 Å². The van der Waals surface area contributed by atoms with E-state index in [0.29, 0.717) is 17.9 Å². The van der Waals surface area contributed by atoms with Gasteiger partial charge in [0.05, 0.1) is 31.9 Å². The molecule has 2 unspecified atom stereocenters. The van der Waals surface area contributed by atoms with Gasteiger partial charge < -0.3 is 19.5 Å². The number of esters is 1. The number of ether oxygens (including phenoxy) is 3. The number of pyridine rings is 1. The minimum absolute atomic E-state index is 0.244. The normalized spacial score (nSPS) is 18.0. The maximum absolute atomic E-state index is 12.6. The van der Waals surface area contributed by atoms with E-state index in [1.807, 2.05) is 37.3 Å². The minimum atomic E-state index is -0.491. The first-order valence-electron chi connectivity index (χ1n) is 10.1. The van der Waals surface area contributed by atoms with Crippen LogP contribution in [0.4, 0.5) is 0 Å². The summed E-state index contributed by atoms with van der Waals surface area (Å²) in [5.74, 6) is -0.487. The van der Waals surface area contributed by atoms with Crippen molar-refractivity contribution in [3.05, 3.63) is 71.4 Å². The molecule has 0 radical (unpaired) electrons. The van der Waals surface area contributed by atoms with Gasteiger partial charge in [-0.25, -0.2) is 0 Å². The van der Waals surface area contributed by atoms with E-state index in [0.717, 1.165) is 22.2 Å². The van der Waals surface area contributed by atoms with E-state index in [2.05, 4.69) is 10.3 Å². The second-order valence-corrected chi connectivity index (χ2v) is 7.50. The van der Waals surface area contributed by atoms with Crippen molar-refractivity contribution >= 4 is 22.8 Å². The van der Waals surface area contributed by atoms with Gasteiger partial charge in [0.15, 0.2) is 0 Å². The molecule has 1 aliphatic heterocycles. The topological polar surface area (TPSA) is 86.8 Å². The number of amides is 1. The molecule has 7 heteroatoms. The number of aryl methyl sites for hydroxylation is 1. The Morgan fingerprint density at radius 2 is 1.90 bits per heavy atom. The molecule has 1 fully saturated rings. The molecule has 1 N–H and O–H groups in total. The monoisotopic (exact) mass is 420 g/mol. The zero-order chi connectivity index (χ0) is 21.8. The molecule has 2 atom stereocenters. The van der Waals surface area contributed by atoms with Crippen LogP contribution in [0.3, 0.4) is 0 Å². The average molecular weight is 420 g/mol. The summed E-state index contributed by atoms with van der Waals surface area (Å²) in [4.78, 5) is 28.9. The molecule has 3 aromatic rings. The summed E-state index contributed by atoms with van der Waals surface area (Å²) in [6.07, 6.45) is 0. The number of carbonyl (C=O) groups is 2. The van der Waals surface area contributed by atoms with Gasteiger partial charge in [-0.1, -0.05) is 18.2 Å². The lowest BCUT2D eigenvalue weighted by molar-refractivity contribution is -0.145. The van der Waals surface area contributed by atoms with Gasteiger partial charge in [0.1, 0.15) is 18.3 Å². The van der Waals surface area contributed by atoms with E-state index in [-0.39, 0.29) is 25.1 Å². The third kappa shape index (κ3) is 4.67. The van der Waals surface area contributed by atoms with Crippen LogP contribution < -0.4 is 10.1 Å². The summed E-state index contributed by atoms with van der Waals surface area (Å²) in [7, 11) is 1.33. The summed E-state index contributed by atoms with van der Waals surface area (Å²) < 4.78 is 16.0. The number of hydrogen-bond acceptors (Lipinski definition) is 6. The fourth-order valence-electron chi connectivity index (χ4n) is 3.71. The van der Waals surface area contributed by atoms with Crippen molar-refractivity contribution in [3.8, 4) is 5.75 Å². The van der Waals surface area contributed by atoms with Gasteiger partial charge >= 0.3 is 5.97 Å². The first kappa shape index (κ1) is 20.8. The number of para-hydroxylation sites is 1. The van der Waals surface area contributed by atoms with Crippen molar-refractivity contribution in [2.24, 2.45) is 5.92 Å². The lowest BCUT2D eigenvalue weighted by Crippen LogP contribution is -2.43. The van der Waals surface area contributed by atoms with E-state index < -0.39 is 12.0 Å². The van der Waals surface area contributed by atoms with Gasteiger partial charge in [-0.3, -0.25) is 14.6 Å². The largest absolute Gasteiger partial charge is 0.489 e. The van der Waals surface area contributed by atoms with Crippen molar-refractivity contribution in [1.82, 2.24) is 10.3 Å². The minimum Gasteiger partial charge on any atom is -0.489 e. The zero-order valence-corrected chi connectivity index (χ0v) is 17.5. The predicted molar refractivity (Wildman–Crippen MR) is 115 cm³/mol. The maximum atomic E-state index is 12.6. The van der Waals surface area contributed by atoms with Gasteiger partial charge in [-0.05, 0) is 43.3 Å². The Morgan fingerprint density at radius 1 is 1.13 bits per heavy atom. The fourth-order valence-corrected chi connectivity index (χ4v) is 3.71. The Kier molecular flexibility index (Phi) is 6.13. The zero-order valence-electron chi connectivity index (χ0n) is 17.5. The molecule has 4 rings (SSSR count). The molecular weight excluding hydrogens is 396 g/mol. The van der Waals surface area contributed by atoms with Crippen molar-refractivity contribution in [2.45, 2.75) is 19.6 Å². The van der Waals surface area contributed by atoms with Gasteiger partial charge in [0, 0.05) is 22.2 Å². The Hall–Kier alpha value is -3.45. The highest BCUT2D eigenvalue weighted by atomic mass is 16.5. The third-order valence-electron chi connectivity index (χ3n) is 5.34. The van der Waals surface area contributed by atoms with E-state index in [4.69, 9.17) is 14.2 Å². The smallest absolute Gasteiger partial charge is 0.313 e. The Morgan fingerprint density at radius 3 is 2.68 bits per heavy atom. The van der Waals surface area contributed by atoms with Gasteiger partial charge in [0.25, 0.3) is 5.91 Å². The SMILES string of the molecule is COC(=O)C1COCC1NC(=O)c1ccc(OCc2cc(C)nc3ccccc23)cc1. The number of nitrogens with zero attached hydrogens (tertiary/aromatic N) is 1. The first-order valence-corrected chi connectivity index (χ1v) is 10.1. The number of carbonyl (C=O) groups excluding carboxylic acids is 2. The van der Waals surface area contributed by atoms with Gasteiger partial charge in [-0.2, -0.15) is 0 Å². The number of nitrogens with one attached hydrogen (secondary N) is 1. The molecular formula is C24H24N2O5. The van der Waals surface area contributed by atoms with Crippen LogP contribution in [0.15, 0.2) is 54.6 Å². The summed E-state index contributed by atoms with van der Waals surface area (Å²) in [5, 5.41) is 3.91. The molecule has 0 spiro atoms. The molecule has 160 valence electrons. The second kappa shape index (κ2) is 9.14. The average Bonchev–Trinajstić information content (AvgIpc) is 3.25. The molecule has 0 saturated carbocycles. The van der Waals surface area contributed by atoms with E-state index in [1.165, 1.54) is 7.11 Å². The second-order valence-electron chi connectivity index (χ2n) is 7.50. The Balaban J connectivity index is 1.40. The van der Waals surface area contributed by atoms with Crippen LogP contribution in [-0.4, -0.2) is 43.2 Å². The van der Waals surface area contributed by atoms with Crippen LogP contribution in [0.5, 0.6) is 5.75 Å². The predicted octanol–water partition coefficient (Wildman–Crippen LogP) is 3.04. The molecule has 2 aromatic carbocycles. The molecule has 7 nitrogen and oxygen atoms in total. The van der Waals surface area contributed by atoms with Gasteiger partial charge in [0.2, 0.25) is 0 Å². The van der Waals surface area contributed by atoms with Gasteiger partial charge in [-0.15, -0.1) is 0 Å². The van der Waals surface area contributed by atoms with E-state index in [1.54, 1.807) is 24.3 Å². The highest BCUT2D eigenvalue weighted by Crippen LogP contribution is 2.21. The summed E-state index contributed by atoms with van der Waals surface area (Å²) in [5.41, 5.74) is 3.41. The molecule has 0 aliphatic carbocycles. The van der Waals surface area contributed by atoms with Crippen LogP contribution in [-0.2, 0) is 20.9 Å². The van der Waals surface area contributed by atoms with Crippen molar-refractivity contribution in [1.29, 1.82) is 0 Å². The fraction of sp³-hybridized carbons (Fsp3) is 0.292. The molecule has 1 amide bonds. The number of hydrogen-bond donors (Lipinski definition) is 1. The third-order valence-corrected chi connectivity index (χ3v) is 5.34. The first-order chi connectivity index (χ1) is 15.0. The summed E-state index contributed by atoms with van der Waals surface area (Å²) >= 11 is 0. The van der Waals surface area contributed by atoms with Crippen LogP contribution in [0.1, 0.15) is 21.6 Å². The molecule has 1 aliphatic rings. The molecule has 1 aromatic heterocycles. The van der Waals surface area contributed by atoms with Crippen molar-refractivity contribution < 1.29 is 23.8 Å². The van der Waals surface area contributed by atoms with Crippen LogP contribution in [0.2, 0.25) is 0 Å². The van der Waals surface area contributed by atoms with E-state index in [9.17, 15) is 9.59 Å². The summed E-state index contributed by atoms with van der Waals surface area (Å²) in [6.45, 7) is 2.89. The molecule has 0 bridgehead atoms. The highest BCUT2D eigenvalue weighted by Gasteiger charge is 2.36. The van der Waals surface area contributed by atoms with Crippen LogP contribution >= 0.6 is 0 Å². The lowest BCUT2D eigenvalue weighted by atomic mass is 10.0. The quantitative estimate of drug-likeness (QED) is 0.617. The number of fused-ring (bicyclic) bond motifs is 1. The van der Waals surface area contributed by atoms with Crippen molar-refractivity contribution in [3.63, 3.8) is 0 Å². The number of rotatable bonds is 6. The van der Waals surface area contributed by atoms with Crippen LogP contribution in [0, 0.1) is 12.8 Å². The lowest BCUT2D eigenvalue weighted by Gasteiger charge is -2.17. The number of methoxy groups -OCH3 is 1. The maximum Gasteiger partial charge on any atom is 0.313 e. The van der Waals surface area contributed by atoms with Crippen molar-refractivity contribution in [2.75, 3.05) is 20.3 Å². The summed E-state index contributed by atoms with van der Waals surface area (Å²) in [6, 6.07) is 16.5. The highest BCUT2D eigenvalue weighted by molar-refractivity contribution is 5.95. The standard InChI is InChI=1S/C24H24N2O5/c1-15-11-17(19-5-3-4-6-21(19)25-15)12-31-18-9-7-16(8-10-18)23(27)26-22-14-30-13-20(22)24(28)29-2/h3-11,20,22H,12-14H2,1-2H3,(H,26,27). The Bertz CT molecular complexity index is 1100. The number of aromatic nitrogens is 1. The number of benzene rings is 2.